The first-order chi connectivity index (χ1) is 11.2. The topological polar surface area (TPSA) is 30.5 Å². The van der Waals surface area contributed by atoms with Gasteiger partial charge in [-0.3, -0.25) is 0 Å². The summed E-state index contributed by atoms with van der Waals surface area (Å²) >= 11 is 0. The highest BCUT2D eigenvalue weighted by molar-refractivity contribution is 5.38. The zero-order valence-corrected chi connectivity index (χ0v) is 13.3. The average molecular weight is 321 g/mol. The van der Waals surface area contributed by atoms with Gasteiger partial charge in [-0.15, -0.1) is 0 Å². The fraction of sp³-hybridized carbons (Fsp3) is 0.333. The van der Waals surface area contributed by atoms with E-state index in [4.69, 9.17) is 9.47 Å². The number of hydrogen-bond acceptors (Lipinski definition) is 3. The second-order valence-electron chi connectivity index (χ2n) is 5.10. The molecule has 0 spiro atoms. The number of hydrogen-bond donors (Lipinski definition) is 1. The Morgan fingerprint density at radius 3 is 2.48 bits per heavy atom. The van der Waals surface area contributed by atoms with Gasteiger partial charge in [-0.1, -0.05) is 31.2 Å². The predicted octanol–water partition coefficient (Wildman–Crippen LogP) is 4.44. The number of ether oxygens (including phenoxy) is 2. The van der Waals surface area contributed by atoms with E-state index in [0.717, 1.165) is 0 Å². The van der Waals surface area contributed by atoms with Gasteiger partial charge in [0, 0.05) is 25.3 Å². The van der Waals surface area contributed by atoms with Gasteiger partial charge >= 0.3 is 0 Å². The number of nitrogens with one attached hydrogen (secondary N) is 1. The summed E-state index contributed by atoms with van der Waals surface area (Å²) in [7, 11) is 1.60. The molecule has 124 valence electrons. The fourth-order valence-corrected chi connectivity index (χ4v) is 2.33. The molecule has 0 bridgehead atoms. The molecule has 1 N–H and O–H groups in total. The van der Waals surface area contributed by atoms with Crippen LogP contribution in [0.4, 0.5) is 8.78 Å². The molecule has 3 nitrogen and oxygen atoms in total. The summed E-state index contributed by atoms with van der Waals surface area (Å²) in [5, 5.41) is 3.20. The van der Waals surface area contributed by atoms with Crippen LogP contribution in [0.2, 0.25) is 0 Å². The molecule has 1 unspecified atom stereocenters. The minimum absolute atomic E-state index is 0.233. The minimum atomic E-state index is -0.721. The molecule has 0 fully saturated rings. The number of benzene rings is 2. The lowest BCUT2D eigenvalue weighted by Gasteiger charge is -2.19. The van der Waals surface area contributed by atoms with Crippen molar-refractivity contribution in [3.63, 3.8) is 0 Å². The average Bonchev–Trinajstić information content (AvgIpc) is 2.57. The molecule has 0 radical (unpaired) electrons. The normalized spacial score (nSPS) is 12.2. The molecule has 0 saturated heterocycles. The Bertz CT molecular complexity index is 620. The first-order valence-electron chi connectivity index (χ1n) is 7.60. The van der Waals surface area contributed by atoms with Crippen LogP contribution in [-0.2, 0) is 4.74 Å². The number of rotatable bonds is 8. The smallest absolute Gasteiger partial charge is 0.198 e. The third-order valence-corrected chi connectivity index (χ3v) is 3.52. The van der Waals surface area contributed by atoms with Crippen LogP contribution in [0.15, 0.2) is 42.5 Å². The van der Waals surface area contributed by atoms with Gasteiger partial charge in [0.25, 0.3) is 0 Å². The SMILES string of the molecule is CCC(NCCOC)c1ccc(F)c(Oc2ccccc2)c1F. The first-order valence-corrected chi connectivity index (χ1v) is 7.60. The molecule has 2 aromatic rings. The maximum Gasteiger partial charge on any atom is 0.198 e. The van der Waals surface area contributed by atoms with Crippen LogP contribution >= 0.6 is 0 Å². The van der Waals surface area contributed by atoms with Crippen LogP contribution < -0.4 is 10.1 Å². The van der Waals surface area contributed by atoms with E-state index < -0.39 is 11.6 Å². The highest BCUT2D eigenvalue weighted by Gasteiger charge is 2.21. The lowest BCUT2D eigenvalue weighted by atomic mass is 10.0. The summed E-state index contributed by atoms with van der Waals surface area (Å²) in [5.74, 6) is -1.38. The standard InChI is InChI=1S/C18H21F2NO2/c1-3-16(21-11-12-22-2)14-9-10-15(19)18(17(14)20)23-13-7-5-4-6-8-13/h4-10,16,21H,3,11-12H2,1-2H3. The molecule has 0 aliphatic rings. The molecule has 0 aromatic heterocycles. The zero-order valence-electron chi connectivity index (χ0n) is 13.3. The van der Waals surface area contributed by atoms with Crippen molar-refractivity contribution < 1.29 is 18.3 Å². The fourth-order valence-electron chi connectivity index (χ4n) is 2.33. The van der Waals surface area contributed by atoms with E-state index in [2.05, 4.69) is 5.32 Å². The molecular weight excluding hydrogens is 300 g/mol. The van der Waals surface area contributed by atoms with Crippen molar-refractivity contribution in [2.45, 2.75) is 19.4 Å². The van der Waals surface area contributed by atoms with E-state index in [-0.39, 0.29) is 11.8 Å². The monoisotopic (exact) mass is 321 g/mol. The number of halogens is 2. The second kappa shape index (κ2) is 8.60. The van der Waals surface area contributed by atoms with Crippen molar-refractivity contribution in [2.75, 3.05) is 20.3 Å². The lowest BCUT2D eigenvalue weighted by molar-refractivity contribution is 0.195. The quantitative estimate of drug-likeness (QED) is 0.729. The van der Waals surface area contributed by atoms with E-state index in [0.29, 0.717) is 30.9 Å². The molecule has 0 aliphatic carbocycles. The van der Waals surface area contributed by atoms with Crippen LogP contribution in [0.3, 0.4) is 0 Å². The van der Waals surface area contributed by atoms with Crippen molar-refractivity contribution in [1.82, 2.24) is 5.32 Å². The molecular formula is C18H21F2NO2. The van der Waals surface area contributed by atoms with E-state index >= 15 is 0 Å². The molecule has 2 aromatic carbocycles. The van der Waals surface area contributed by atoms with E-state index in [1.54, 1.807) is 31.4 Å². The van der Waals surface area contributed by atoms with Gasteiger partial charge in [0.1, 0.15) is 5.75 Å². The van der Waals surface area contributed by atoms with Crippen LogP contribution in [0.1, 0.15) is 24.9 Å². The van der Waals surface area contributed by atoms with E-state index in [9.17, 15) is 8.78 Å². The van der Waals surface area contributed by atoms with Gasteiger partial charge in [-0.2, -0.15) is 0 Å². The van der Waals surface area contributed by atoms with Crippen LogP contribution in [0.5, 0.6) is 11.5 Å². The Balaban J connectivity index is 2.26. The Kier molecular flexibility index (Phi) is 6.50. The van der Waals surface area contributed by atoms with Crippen molar-refractivity contribution in [1.29, 1.82) is 0 Å². The van der Waals surface area contributed by atoms with Crippen molar-refractivity contribution in [3.8, 4) is 11.5 Å². The van der Waals surface area contributed by atoms with E-state index in [1.807, 2.05) is 13.0 Å². The third-order valence-electron chi connectivity index (χ3n) is 3.52. The molecule has 1 atom stereocenters. The summed E-state index contributed by atoms with van der Waals surface area (Å²) < 4.78 is 39.1. The Labute approximate surface area is 135 Å². The lowest BCUT2D eigenvalue weighted by Crippen LogP contribution is -2.25. The summed E-state index contributed by atoms with van der Waals surface area (Å²) in [6, 6.07) is 11.1. The van der Waals surface area contributed by atoms with Gasteiger partial charge < -0.3 is 14.8 Å². The van der Waals surface area contributed by atoms with Gasteiger partial charge in [-0.05, 0) is 24.6 Å². The van der Waals surface area contributed by atoms with E-state index in [1.165, 1.54) is 12.1 Å². The molecule has 0 saturated carbocycles. The van der Waals surface area contributed by atoms with Gasteiger partial charge in [0.2, 0.25) is 0 Å². The van der Waals surface area contributed by atoms with Crippen molar-refractivity contribution in [2.24, 2.45) is 0 Å². The number of para-hydroxylation sites is 1. The summed E-state index contributed by atoms with van der Waals surface area (Å²) in [6.45, 7) is 3.04. The first kappa shape index (κ1) is 17.4. The third kappa shape index (κ3) is 4.50. The summed E-state index contributed by atoms with van der Waals surface area (Å²) in [4.78, 5) is 0. The Hall–Kier alpha value is -1.98. The molecule has 2 rings (SSSR count). The molecule has 23 heavy (non-hydrogen) atoms. The molecule has 0 heterocycles. The number of methoxy groups -OCH3 is 1. The van der Waals surface area contributed by atoms with Crippen LogP contribution in [0.25, 0.3) is 0 Å². The molecule has 0 aliphatic heterocycles. The maximum atomic E-state index is 14.7. The zero-order chi connectivity index (χ0) is 16.7. The predicted molar refractivity (Wildman–Crippen MR) is 85.8 cm³/mol. The van der Waals surface area contributed by atoms with Gasteiger partial charge in [0.05, 0.1) is 6.61 Å². The second-order valence-corrected chi connectivity index (χ2v) is 5.10. The van der Waals surface area contributed by atoms with Crippen molar-refractivity contribution >= 4 is 0 Å². The summed E-state index contributed by atoms with van der Waals surface area (Å²) in [6.07, 6.45) is 0.664. The summed E-state index contributed by atoms with van der Waals surface area (Å²) in [5.41, 5.74) is 0.385. The van der Waals surface area contributed by atoms with Crippen molar-refractivity contribution in [3.05, 3.63) is 59.7 Å². The Morgan fingerprint density at radius 2 is 1.83 bits per heavy atom. The van der Waals surface area contributed by atoms with Gasteiger partial charge in [0.15, 0.2) is 17.4 Å². The highest BCUT2D eigenvalue weighted by atomic mass is 19.1. The highest BCUT2D eigenvalue weighted by Crippen LogP contribution is 2.32. The minimum Gasteiger partial charge on any atom is -0.451 e. The molecule has 0 amide bonds. The van der Waals surface area contributed by atoms with Crippen LogP contribution in [-0.4, -0.2) is 20.3 Å². The maximum absolute atomic E-state index is 14.7. The Morgan fingerprint density at radius 1 is 1.09 bits per heavy atom. The largest absolute Gasteiger partial charge is 0.451 e. The van der Waals surface area contributed by atoms with Crippen LogP contribution in [0, 0.1) is 11.6 Å². The van der Waals surface area contributed by atoms with Gasteiger partial charge in [-0.25, -0.2) is 8.78 Å². The molecule has 5 heteroatoms.